The van der Waals surface area contributed by atoms with Gasteiger partial charge in [0.25, 0.3) is 5.91 Å². The van der Waals surface area contributed by atoms with Gasteiger partial charge in [0.15, 0.2) is 0 Å². The first kappa shape index (κ1) is 15.6. The number of piperidine rings is 1. The van der Waals surface area contributed by atoms with E-state index in [-0.39, 0.29) is 5.91 Å². The Bertz CT molecular complexity index is 636. The Morgan fingerprint density at radius 2 is 1.78 bits per heavy atom. The molecule has 0 spiro atoms. The van der Waals surface area contributed by atoms with Gasteiger partial charge in [-0.15, -0.1) is 5.10 Å². The van der Waals surface area contributed by atoms with Crippen molar-refractivity contribution in [2.24, 2.45) is 5.41 Å². The maximum Gasteiger partial charge on any atom is 0.253 e. The van der Waals surface area contributed by atoms with Crippen LogP contribution in [0.4, 0.5) is 0 Å². The number of benzene rings is 1. The molecule has 0 bridgehead atoms. The summed E-state index contributed by atoms with van der Waals surface area (Å²) in [6.45, 7) is 6.24. The molecule has 1 aliphatic rings. The lowest BCUT2D eigenvalue weighted by Crippen LogP contribution is -2.42. The zero-order valence-electron chi connectivity index (χ0n) is 13.8. The van der Waals surface area contributed by atoms with E-state index in [1.54, 1.807) is 4.68 Å². The van der Waals surface area contributed by atoms with Gasteiger partial charge in [-0.05, 0) is 52.9 Å². The fraction of sp³-hybridized carbons (Fsp3) is 0.529. The number of tetrazole rings is 1. The minimum absolute atomic E-state index is 0.120. The van der Waals surface area contributed by atoms with Crippen LogP contribution in [-0.2, 0) is 0 Å². The second-order valence-electron chi connectivity index (χ2n) is 6.30. The molecule has 2 heterocycles. The van der Waals surface area contributed by atoms with Gasteiger partial charge in [0.1, 0.15) is 6.33 Å². The molecular weight excluding hydrogens is 290 g/mol. The summed E-state index contributed by atoms with van der Waals surface area (Å²) in [5, 5.41) is 11.1. The molecule has 3 rings (SSSR count). The van der Waals surface area contributed by atoms with E-state index in [2.05, 4.69) is 29.4 Å². The van der Waals surface area contributed by atoms with Crippen molar-refractivity contribution >= 4 is 5.91 Å². The molecule has 0 atom stereocenters. The van der Waals surface area contributed by atoms with Crippen molar-refractivity contribution in [2.75, 3.05) is 13.1 Å². The van der Waals surface area contributed by atoms with E-state index in [1.165, 1.54) is 19.2 Å². The quantitative estimate of drug-likeness (QED) is 0.870. The number of carbonyl (C=O) groups excluding carboxylic acids is 1. The van der Waals surface area contributed by atoms with Crippen LogP contribution in [0, 0.1) is 5.41 Å². The van der Waals surface area contributed by atoms with Gasteiger partial charge in [0.2, 0.25) is 0 Å². The van der Waals surface area contributed by atoms with Crippen LogP contribution in [0.1, 0.15) is 49.9 Å². The predicted molar refractivity (Wildman–Crippen MR) is 87.3 cm³/mol. The molecule has 1 saturated heterocycles. The topological polar surface area (TPSA) is 63.9 Å². The molecule has 23 heavy (non-hydrogen) atoms. The molecule has 0 radical (unpaired) electrons. The van der Waals surface area contributed by atoms with Gasteiger partial charge in [-0.25, -0.2) is 4.68 Å². The fourth-order valence-corrected chi connectivity index (χ4v) is 3.36. The molecule has 1 fully saturated rings. The van der Waals surface area contributed by atoms with Gasteiger partial charge in [-0.2, -0.15) is 0 Å². The van der Waals surface area contributed by atoms with Crippen LogP contribution >= 0.6 is 0 Å². The van der Waals surface area contributed by atoms with Crippen LogP contribution in [0.2, 0.25) is 0 Å². The maximum atomic E-state index is 12.7. The second kappa shape index (κ2) is 6.48. The van der Waals surface area contributed by atoms with Crippen molar-refractivity contribution < 1.29 is 4.79 Å². The first-order chi connectivity index (χ1) is 11.2. The summed E-state index contributed by atoms with van der Waals surface area (Å²) >= 11 is 0. The highest BCUT2D eigenvalue weighted by molar-refractivity contribution is 5.94. The van der Waals surface area contributed by atoms with Crippen LogP contribution in [0.25, 0.3) is 5.69 Å². The highest BCUT2D eigenvalue weighted by Gasteiger charge is 2.33. The summed E-state index contributed by atoms with van der Waals surface area (Å²) in [6.07, 6.45) is 6.15. The molecule has 0 saturated carbocycles. The van der Waals surface area contributed by atoms with Crippen molar-refractivity contribution in [1.82, 2.24) is 25.1 Å². The van der Waals surface area contributed by atoms with E-state index in [4.69, 9.17) is 0 Å². The van der Waals surface area contributed by atoms with E-state index < -0.39 is 0 Å². The molecule has 1 aromatic carbocycles. The number of aromatic nitrogens is 4. The van der Waals surface area contributed by atoms with E-state index in [0.29, 0.717) is 5.41 Å². The van der Waals surface area contributed by atoms with Crippen LogP contribution in [0.15, 0.2) is 30.6 Å². The Labute approximate surface area is 136 Å². The lowest BCUT2D eigenvalue weighted by Gasteiger charge is -2.41. The number of rotatable bonds is 4. The van der Waals surface area contributed by atoms with E-state index in [1.807, 2.05) is 29.2 Å². The largest absolute Gasteiger partial charge is 0.339 e. The Morgan fingerprint density at radius 3 is 2.30 bits per heavy atom. The Balaban J connectivity index is 1.67. The van der Waals surface area contributed by atoms with Crippen molar-refractivity contribution in [3.63, 3.8) is 0 Å². The van der Waals surface area contributed by atoms with E-state index in [9.17, 15) is 4.79 Å². The number of hydrogen-bond acceptors (Lipinski definition) is 4. The molecule has 0 aliphatic carbocycles. The average Bonchev–Trinajstić information content (AvgIpc) is 3.16. The minimum atomic E-state index is 0.120. The normalized spacial score (nSPS) is 17.2. The predicted octanol–water partition coefficient (Wildman–Crippen LogP) is 2.70. The van der Waals surface area contributed by atoms with Gasteiger partial charge >= 0.3 is 0 Å². The first-order valence-electron chi connectivity index (χ1n) is 8.30. The maximum absolute atomic E-state index is 12.7. The fourth-order valence-electron chi connectivity index (χ4n) is 3.36. The highest BCUT2D eigenvalue weighted by Crippen LogP contribution is 2.38. The molecule has 6 nitrogen and oxygen atoms in total. The average molecular weight is 313 g/mol. The number of likely N-dealkylation sites (tertiary alicyclic amines) is 1. The molecule has 0 unspecified atom stereocenters. The SMILES string of the molecule is CCC1(CC)CCN(C(=O)c2ccc(-n3cnnn3)cc2)CC1. The Hall–Kier alpha value is -2.24. The number of carbonyl (C=O) groups is 1. The Morgan fingerprint density at radius 1 is 1.13 bits per heavy atom. The zero-order chi connectivity index (χ0) is 16.3. The number of nitrogens with zero attached hydrogens (tertiary/aromatic N) is 5. The minimum Gasteiger partial charge on any atom is -0.339 e. The zero-order valence-corrected chi connectivity index (χ0v) is 13.8. The molecular formula is C17H23N5O. The molecule has 1 aromatic heterocycles. The summed E-state index contributed by atoms with van der Waals surface area (Å²) in [6, 6.07) is 7.44. The first-order valence-corrected chi connectivity index (χ1v) is 8.30. The van der Waals surface area contributed by atoms with Crippen molar-refractivity contribution in [3.05, 3.63) is 36.2 Å². The highest BCUT2D eigenvalue weighted by atomic mass is 16.2. The summed E-state index contributed by atoms with van der Waals surface area (Å²) in [7, 11) is 0. The van der Waals surface area contributed by atoms with Gasteiger partial charge in [-0.3, -0.25) is 4.79 Å². The number of amides is 1. The van der Waals surface area contributed by atoms with Crippen LogP contribution in [-0.4, -0.2) is 44.1 Å². The smallest absolute Gasteiger partial charge is 0.253 e. The molecule has 2 aromatic rings. The molecule has 6 heteroatoms. The second-order valence-corrected chi connectivity index (χ2v) is 6.30. The van der Waals surface area contributed by atoms with Gasteiger partial charge < -0.3 is 4.90 Å². The van der Waals surface area contributed by atoms with Crippen molar-refractivity contribution in [3.8, 4) is 5.69 Å². The lowest BCUT2D eigenvalue weighted by molar-refractivity contribution is 0.0558. The van der Waals surface area contributed by atoms with E-state index >= 15 is 0 Å². The third-order valence-corrected chi connectivity index (χ3v) is 5.34. The Kier molecular flexibility index (Phi) is 4.41. The van der Waals surface area contributed by atoms with E-state index in [0.717, 1.165) is 37.2 Å². The summed E-state index contributed by atoms with van der Waals surface area (Å²) in [4.78, 5) is 14.6. The third-order valence-electron chi connectivity index (χ3n) is 5.34. The lowest BCUT2D eigenvalue weighted by atomic mass is 9.74. The molecule has 0 N–H and O–H groups in total. The standard InChI is InChI=1S/C17H23N5O/c1-3-17(4-2)9-11-21(12-10-17)16(23)14-5-7-15(8-6-14)22-13-18-19-20-22/h5-8,13H,3-4,9-12H2,1-2H3. The summed E-state index contributed by atoms with van der Waals surface area (Å²) in [5.74, 6) is 0.120. The van der Waals surface area contributed by atoms with Gasteiger partial charge in [0, 0.05) is 18.7 Å². The van der Waals surface area contributed by atoms with Crippen molar-refractivity contribution in [1.29, 1.82) is 0 Å². The monoisotopic (exact) mass is 313 g/mol. The van der Waals surface area contributed by atoms with Gasteiger partial charge in [0.05, 0.1) is 5.69 Å². The summed E-state index contributed by atoms with van der Waals surface area (Å²) in [5.41, 5.74) is 2.00. The van der Waals surface area contributed by atoms with Crippen LogP contribution < -0.4 is 0 Å². The molecule has 122 valence electrons. The van der Waals surface area contributed by atoms with Crippen molar-refractivity contribution in [2.45, 2.75) is 39.5 Å². The molecule has 1 aliphatic heterocycles. The van der Waals surface area contributed by atoms with Crippen LogP contribution in [0.5, 0.6) is 0 Å². The van der Waals surface area contributed by atoms with Gasteiger partial charge in [-0.1, -0.05) is 26.7 Å². The van der Waals surface area contributed by atoms with Crippen LogP contribution in [0.3, 0.4) is 0 Å². The summed E-state index contributed by atoms with van der Waals surface area (Å²) < 4.78 is 1.58. The third kappa shape index (κ3) is 3.11. The molecule has 1 amide bonds. The number of hydrogen-bond donors (Lipinski definition) is 0.